The first kappa shape index (κ1) is 14.8. The number of nitrogens with one attached hydrogen (secondary N) is 1. The van der Waals surface area contributed by atoms with Gasteiger partial charge in [-0.15, -0.1) is 11.3 Å². The number of imidazole rings is 1. The lowest BCUT2D eigenvalue weighted by atomic mass is 9.94. The Morgan fingerprint density at radius 1 is 1.35 bits per heavy atom. The molecule has 1 aliphatic heterocycles. The quantitative estimate of drug-likeness (QED) is 0.793. The monoisotopic (exact) mass is 326 g/mol. The van der Waals surface area contributed by atoms with E-state index in [1.807, 2.05) is 23.6 Å². The number of para-hydroxylation sites is 2. The smallest absolute Gasteiger partial charge is 0.107 e. The van der Waals surface area contributed by atoms with Crippen molar-refractivity contribution in [1.82, 2.24) is 19.9 Å². The van der Waals surface area contributed by atoms with Crippen molar-refractivity contribution in [2.75, 3.05) is 13.1 Å². The maximum absolute atomic E-state index is 4.74. The molecular weight excluding hydrogens is 304 g/mol. The van der Waals surface area contributed by atoms with Gasteiger partial charge in [0.25, 0.3) is 0 Å². The van der Waals surface area contributed by atoms with Gasteiger partial charge in [-0.05, 0) is 44.4 Å². The molecule has 0 unspecified atom stereocenters. The first-order chi connectivity index (χ1) is 11.3. The number of hydrogen-bond donors (Lipinski definition) is 1. The Hall–Kier alpha value is -1.72. The third kappa shape index (κ3) is 3.46. The fraction of sp³-hybridized carbons (Fsp3) is 0.444. The standard InChI is InChI=1S/C18H22N4S/c1-13-19-10-15(23-13)12-22-8-4-5-14(11-22)9-18-20-16-6-2-3-7-17(16)21-18/h2-3,6-7,10,14H,4-5,8-9,11-12H2,1H3,(H,20,21)/t14-/m0/s1. The summed E-state index contributed by atoms with van der Waals surface area (Å²) < 4.78 is 0. The molecule has 0 spiro atoms. The summed E-state index contributed by atoms with van der Waals surface area (Å²) in [5.74, 6) is 1.82. The number of aromatic nitrogens is 3. The van der Waals surface area contributed by atoms with Crippen molar-refractivity contribution in [2.45, 2.75) is 32.7 Å². The van der Waals surface area contributed by atoms with Crippen molar-refractivity contribution in [3.63, 3.8) is 0 Å². The number of likely N-dealkylation sites (tertiary alicyclic amines) is 1. The molecule has 1 fully saturated rings. The van der Waals surface area contributed by atoms with E-state index in [0.717, 1.165) is 41.4 Å². The third-order valence-corrected chi connectivity index (χ3v) is 5.47. The van der Waals surface area contributed by atoms with E-state index in [1.165, 1.54) is 24.3 Å². The van der Waals surface area contributed by atoms with Gasteiger partial charge >= 0.3 is 0 Å². The zero-order valence-corrected chi connectivity index (χ0v) is 14.3. The minimum absolute atomic E-state index is 0.693. The normalized spacial score (nSPS) is 19.4. The molecule has 1 aromatic carbocycles. The molecule has 0 saturated carbocycles. The van der Waals surface area contributed by atoms with Crippen LogP contribution in [-0.2, 0) is 13.0 Å². The highest BCUT2D eigenvalue weighted by atomic mass is 32.1. The number of aryl methyl sites for hydroxylation is 1. The van der Waals surface area contributed by atoms with Crippen LogP contribution in [0.2, 0.25) is 0 Å². The van der Waals surface area contributed by atoms with Crippen LogP contribution in [0.15, 0.2) is 30.5 Å². The minimum atomic E-state index is 0.693. The third-order valence-electron chi connectivity index (χ3n) is 4.57. The van der Waals surface area contributed by atoms with E-state index in [-0.39, 0.29) is 0 Å². The van der Waals surface area contributed by atoms with Gasteiger partial charge in [0.2, 0.25) is 0 Å². The van der Waals surface area contributed by atoms with Gasteiger partial charge in [0.1, 0.15) is 5.82 Å². The summed E-state index contributed by atoms with van der Waals surface area (Å²) in [7, 11) is 0. The van der Waals surface area contributed by atoms with Crippen LogP contribution in [0.5, 0.6) is 0 Å². The van der Waals surface area contributed by atoms with Crippen molar-refractivity contribution >= 4 is 22.4 Å². The fourth-order valence-electron chi connectivity index (χ4n) is 3.54. The first-order valence-corrected chi connectivity index (χ1v) is 9.15. The van der Waals surface area contributed by atoms with E-state index >= 15 is 0 Å². The number of aromatic amines is 1. The molecule has 3 heterocycles. The average Bonchev–Trinajstić information content (AvgIpc) is 3.13. The molecule has 120 valence electrons. The van der Waals surface area contributed by atoms with Gasteiger partial charge in [0.05, 0.1) is 16.0 Å². The molecule has 1 N–H and O–H groups in total. The fourth-order valence-corrected chi connectivity index (χ4v) is 4.37. The second kappa shape index (κ2) is 6.42. The molecule has 4 rings (SSSR count). The molecule has 0 radical (unpaired) electrons. The van der Waals surface area contributed by atoms with Crippen LogP contribution in [0.1, 0.15) is 28.6 Å². The number of thiazole rings is 1. The lowest BCUT2D eigenvalue weighted by Gasteiger charge is -2.32. The van der Waals surface area contributed by atoms with Crippen LogP contribution in [0.4, 0.5) is 0 Å². The zero-order chi connectivity index (χ0) is 15.6. The number of rotatable bonds is 4. The summed E-state index contributed by atoms with van der Waals surface area (Å²) in [6.45, 7) is 5.48. The Bertz CT molecular complexity index is 758. The summed E-state index contributed by atoms with van der Waals surface area (Å²) in [4.78, 5) is 16.5. The Labute approximate surface area is 140 Å². The van der Waals surface area contributed by atoms with Gasteiger partial charge in [0.15, 0.2) is 0 Å². The van der Waals surface area contributed by atoms with Gasteiger partial charge in [0, 0.05) is 30.6 Å². The molecule has 3 aromatic rings. The lowest BCUT2D eigenvalue weighted by Crippen LogP contribution is -2.35. The van der Waals surface area contributed by atoms with Crippen molar-refractivity contribution in [1.29, 1.82) is 0 Å². The van der Waals surface area contributed by atoms with Crippen LogP contribution in [0.25, 0.3) is 11.0 Å². The lowest BCUT2D eigenvalue weighted by molar-refractivity contribution is 0.167. The second-order valence-corrected chi connectivity index (χ2v) is 7.81. The molecule has 5 heteroatoms. The first-order valence-electron chi connectivity index (χ1n) is 8.33. The van der Waals surface area contributed by atoms with E-state index in [2.05, 4.69) is 40.0 Å². The largest absolute Gasteiger partial charge is 0.342 e. The molecule has 0 amide bonds. The summed E-state index contributed by atoms with van der Waals surface area (Å²) in [5.41, 5.74) is 2.23. The van der Waals surface area contributed by atoms with E-state index < -0.39 is 0 Å². The Morgan fingerprint density at radius 3 is 3.09 bits per heavy atom. The minimum Gasteiger partial charge on any atom is -0.342 e. The van der Waals surface area contributed by atoms with Crippen molar-refractivity contribution in [2.24, 2.45) is 5.92 Å². The van der Waals surface area contributed by atoms with Gasteiger partial charge < -0.3 is 4.98 Å². The molecule has 1 atom stereocenters. The van der Waals surface area contributed by atoms with Gasteiger partial charge in [-0.25, -0.2) is 9.97 Å². The highest BCUT2D eigenvalue weighted by molar-refractivity contribution is 7.11. The summed E-state index contributed by atoms with van der Waals surface area (Å²) in [6.07, 6.45) is 5.66. The maximum atomic E-state index is 4.74. The highest BCUT2D eigenvalue weighted by Gasteiger charge is 2.21. The highest BCUT2D eigenvalue weighted by Crippen LogP contribution is 2.23. The van der Waals surface area contributed by atoms with E-state index in [0.29, 0.717) is 5.92 Å². The number of piperidine rings is 1. The average molecular weight is 326 g/mol. The van der Waals surface area contributed by atoms with Crippen molar-refractivity contribution < 1.29 is 0 Å². The van der Waals surface area contributed by atoms with Crippen molar-refractivity contribution in [3.05, 3.63) is 46.2 Å². The molecule has 1 saturated heterocycles. The number of benzene rings is 1. The zero-order valence-electron chi connectivity index (χ0n) is 13.5. The molecular formula is C18H22N4S. The van der Waals surface area contributed by atoms with Crippen LogP contribution in [0.3, 0.4) is 0 Å². The summed E-state index contributed by atoms with van der Waals surface area (Å²) in [5, 5.41) is 1.16. The molecule has 2 aromatic heterocycles. The summed E-state index contributed by atoms with van der Waals surface area (Å²) in [6, 6.07) is 8.29. The predicted octanol–water partition coefficient (Wildman–Crippen LogP) is 3.78. The van der Waals surface area contributed by atoms with Crippen molar-refractivity contribution in [3.8, 4) is 0 Å². The number of fused-ring (bicyclic) bond motifs is 1. The number of nitrogens with zero attached hydrogens (tertiary/aromatic N) is 3. The molecule has 23 heavy (non-hydrogen) atoms. The molecule has 0 bridgehead atoms. The van der Waals surface area contributed by atoms with E-state index in [4.69, 9.17) is 4.98 Å². The van der Waals surface area contributed by atoms with E-state index in [9.17, 15) is 0 Å². The second-order valence-electron chi connectivity index (χ2n) is 6.49. The molecule has 0 aliphatic carbocycles. The Kier molecular flexibility index (Phi) is 4.14. The molecule has 1 aliphatic rings. The van der Waals surface area contributed by atoms with Crippen LogP contribution < -0.4 is 0 Å². The van der Waals surface area contributed by atoms with Crippen LogP contribution >= 0.6 is 11.3 Å². The SMILES string of the molecule is Cc1ncc(CN2CCC[C@@H](Cc3nc4ccccc4[nH]3)C2)s1. The predicted molar refractivity (Wildman–Crippen MR) is 94.6 cm³/mol. The van der Waals surface area contributed by atoms with Gasteiger partial charge in [-0.1, -0.05) is 12.1 Å². The van der Waals surface area contributed by atoms with Gasteiger partial charge in [-0.2, -0.15) is 0 Å². The molecule has 4 nitrogen and oxygen atoms in total. The summed E-state index contributed by atoms with van der Waals surface area (Å²) >= 11 is 1.82. The topological polar surface area (TPSA) is 44.8 Å². The number of hydrogen-bond acceptors (Lipinski definition) is 4. The van der Waals surface area contributed by atoms with Crippen LogP contribution in [0, 0.1) is 12.8 Å². The number of H-pyrrole nitrogens is 1. The van der Waals surface area contributed by atoms with Gasteiger partial charge in [-0.3, -0.25) is 4.90 Å². The maximum Gasteiger partial charge on any atom is 0.107 e. The Morgan fingerprint density at radius 2 is 2.26 bits per heavy atom. The van der Waals surface area contributed by atoms with Crippen LogP contribution in [-0.4, -0.2) is 32.9 Å². The van der Waals surface area contributed by atoms with E-state index in [1.54, 1.807) is 0 Å². The Balaban J connectivity index is 1.40.